The Balaban J connectivity index is 2.49. The van der Waals surface area contributed by atoms with Crippen LogP contribution in [0.1, 0.15) is 0 Å². The Morgan fingerprint density at radius 1 is 0.923 bits per heavy atom. The van der Waals surface area contributed by atoms with Crippen LogP contribution in [-0.4, -0.2) is 0 Å². The summed E-state index contributed by atoms with van der Waals surface area (Å²) in [4.78, 5) is 0. The Kier molecular flexibility index (Phi) is 2.86. The van der Waals surface area contributed by atoms with E-state index in [1.165, 1.54) is 11.1 Å². The fourth-order valence-corrected chi connectivity index (χ4v) is 2.39. The molecular weight excluding hydrogens is 312 g/mol. The second kappa shape index (κ2) is 3.95. The molecule has 0 N–H and O–H groups in total. The third kappa shape index (κ3) is 2.03. The minimum Gasteiger partial charge on any atom is -0.152 e. The first-order valence-electron chi connectivity index (χ1n) is 3.75. The average molecular weight is 318 g/mol. The van der Waals surface area contributed by atoms with Gasteiger partial charge in [-0.15, -0.1) is 0 Å². The van der Waals surface area contributed by atoms with Gasteiger partial charge in [0.2, 0.25) is 0 Å². The molecule has 0 amide bonds. The fraction of sp³-hybridized carbons (Fsp3) is 0. The summed E-state index contributed by atoms with van der Waals surface area (Å²) in [5.74, 6) is 0. The number of thiophene rings is 1. The van der Waals surface area contributed by atoms with Crippen molar-refractivity contribution in [2.75, 3.05) is 0 Å². The molecule has 2 rings (SSSR count). The van der Waals surface area contributed by atoms with Crippen LogP contribution >= 0.6 is 43.2 Å². The standard InChI is InChI=1S/C10H6Br2S/c11-9-2-1-7(5-10(9)12)8-3-4-13-6-8/h1-6H. The van der Waals surface area contributed by atoms with Gasteiger partial charge < -0.3 is 0 Å². The summed E-state index contributed by atoms with van der Waals surface area (Å²) in [5, 5.41) is 4.24. The van der Waals surface area contributed by atoms with Crippen molar-refractivity contribution in [3.8, 4) is 11.1 Å². The van der Waals surface area contributed by atoms with Gasteiger partial charge in [0, 0.05) is 8.95 Å². The van der Waals surface area contributed by atoms with Gasteiger partial charge >= 0.3 is 0 Å². The summed E-state index contributed by atoms with van der Waals surface area (Å²) < 4.78 is 2.18. The van der Waals surface area contributed by atoms with Gasteiger partial charge in [-0.2, -0.15) is 11.3 Å². The predicted molar refractivity (Wildman–Crippen MR) is 65.2 cm³/mol. The number of halogens is 2. The van der Waals surface area contributed by atoms with Crippen LogP contribution in [0.25, 0.3) is 11.1 Å². The first-order valence-corrected chi connectivity index (χ1v) is 6.28. The van der Waals surface area contributed by atoms with Gasteiger partial charge in [0.15, 0.2) is 0 Å². The van der Waals surface area contributed by atoms with E-state index in [0.717, 1.165) is 8.95 Å². The van der Waals surface area contributed by atoms with Crippen molar-refractivity contribution >= 4 is 43.2 Å². The van der Waals surface area contributed by atoms with Crippen LogP contribution in [0.2, 0.25) is 0 Å². The molecule has 0 nitrogen and oxygen atoms in total. The lowest BCUT2D eigenvalue weighted by atomic mass is 10.1. The maximum atomic E-state index is 3.49. The van der Waals surface area contributed by atoms with E-state index in [2.05, 4.69) is 66.9 Å². The van der Waals surface area contributed by atoms with Crippen LogP contribution in [0.15, 0.2) is 44.0 Å². The fourth-order valence-electron chi connectivity index (χ4n) is 1.10. The summed E-state index contributed by atoms with van der Waals surface area (Å²) >= 11 is 8.65. The van der Waals surface area contributed by atoms with Crippen LogP contribution in [0.4, 0.5) is 0 Å². The maximum absolute atomic E-state index is 3.49. The van der Waals surface area contributed by atoms with E-state index in [-0.39, 0.29) is 0 Å². The van der Waals surface area contributed by atoms with E-state index in [9.17, 15) is 0 Å². The van der Waals surface area contributed by atoms with E-state index in [1.807, 2.05) is 0 Å². The lowest BCUT2D eigenvalue weighted by Gasteiger charge is -2.00. The Morgan fingerprint density at radius 2 is 1.77 bits per heavy atom. The van der Waals surface area contributed by atoms with E-state index in [0.29, 0.717) is 0 Å². The van der Waals surface area contributed by atoms with Crippen LogP contribution in [-0.2, 0) is 0 Å². The third-order valence-corrected chi connectivity index (χ3v) is 4.34. The van der Waals surface area contributed by atoms with Gasteiger partial charge in [-0.3, -0.25) is 0 Å². The number of hydrogen-bond acceptors (Lipinski definition) is 1. The summed E-state index contributed by atoms with van der Waals surface area (Å²) in [6, 6.07) is 8.40. The highest BCUT2D eigenvalue weighted by atomic mass is 79.9. The molecule has 13 heavy (non-hydrogen) atoms. The molecule has 0 saturated heterocycles. The van der Waals surface area contributed by atoms with Crippen LogP contribution in [0, 0.1) is 0 Å². The highest BCUT2D eigenvalue weighted by Gasteiger charge is 2.00. The molecule has 66 valence electrons. The molecule has 1 aromatic heterocycles. The molecule has 3 heteroatoms. The summed E-state index contributed by atoms with van der Waals surface area (Å²) in [6.07, 6.45) is 0. The van der Waals surface area contributed by atoms with Gasteiger partial charge in [0.25, 0.3) is 0 Å². The predicted octanol–water partition coefficient (Wildman–Crippen LogP) is 4.94. The van der Waals surface area contributed by atoms with E-state index in [1.54, 1.807) is 11.3 Å². The molecule has 2 aromatic rings. The molecule has 0 fully saturated rings. The third-order valence-electron chi connectivity index (χ3n) is 1.77. The number of benzene rings is 1. The zero-order valence-corrected chi connectivity index (χ0v) is 10.6. The van der Waals surface area contributed by atoms with Gasteiger partial charge in [-0.1, -0.05) is 6.07 Å². The van der Waals surface area contributed by atoms with Crippen molar-refractivity contribution in [2.24, 2.45) is 0 Å². The summed E-state index contributed by atoms with van der Waals surface area (Å²) in [6.45, 7) is 0. The zero-order chi connectivity index (χ0) is 9.26. The lowest BCUT2D eigenvalue weighted by Crippen LogP contribution is -1.74. The van der Waals surface area contributed by atoms with Gasteiger partial charge in [-0.25, -0.2) is 0 Å². The summed E-state index contributed by atoms with van der Waals surface area (Å²) in [7, 11) is 0. The molecule has 1 aromatic carbocycles. The molecule has 0 bridgehead atoms. The average Bonchev–Trinajstić information content (AvgIpc) is 2.62. The number of hydrogen-bond donors (Lipinski definition) is 0. The second-order valence-electron chi connectivity index (χ2n) is 2.64. The Bertz CT molecular complexity index is 407. The minimum absolute atomic E-state index is 1.09. The molecule has 1 heterocycles. The highest BCUT2D eigenvalue weighted by Crippen LogP contribution is 2.29. The van der Waals surface area contributed by atoms with Crippen LogP contribution in [0.5, 0.6) is 0 Å². The normalized spacial score (nSPS) is 10.3. The monoisotopic (exact) mass is 316 g/mol. The van der Waals surface area contributed by atoms with Gasteiger partial charge in [0.05, 0.1) is 0 Å². The number of rotatable bonds is 1. The molecule has 0 aliphatic heterocycles. The summed E-state index contributed by atoms with van der Waals surface area (Å²) in [5.41, 5.74) is 2.52. The highest BCUT2D eigenvalue weighted by molar-refractivity contribution is 9.13. The van der Waals surface area contributed by atoms with Gasteiger partial charge in [-0.05, 0) is 71.9 Å². The smallest absolute Gasteiger partial charge is 0.0323 e. The lowest BCUT2D eigenvalue weighted by molar-refractivity contribution is 1.58. The maximum Gasteiger partial charge on any atom is 0.0323 e. The quantitative estimate of drug-likeness (QED) is 0.699. The molecule has 0 saturated carbocycles. The minimum atomic E-state index is 1.09. The Labute approximate surface area is 97.9 Å². The van der Waals surface area contributed by atoms with Crippen molar-refractivity contribution in [3.05, 3.63) is 44.0 Å². The van der Waals surface area contributed by atoms with Crippen molar-refractivity contribution in [1.29, 1.82) is 0 Å². The Morgan fingerprint density at radius 3 is 2.38 bits per heavy atom. The largest absolute Gasteiger partial charge is 0.152 e. The van der Waals surface area contributed by atoms with Crippen LogP contribution < -0.4 is 0 Å². The van der Waals surface area contributed by atoms with E-state index in [4.69, 9.17) is 0 Å². The molecule has 0 radical (unpaired) electrons. The molecular formula is C10H6Br2S. The molecule has 0 spiro atoms. The van der Waals surface area contributed by atoms with Crippen LogP contribution in [0.3, 0.4) is 0 Å². The molecule has 0 unspecified atom stereocenters. The first-order chi connectivity index (χ1) is 6.27. The zero-order valence-electron chi connectivity index (χ0n) is 6.63. The van der Waals surface area contributed by atoms with E-state index < -0.39 is 0 Å². The van der Waals surface area contributed by atoms with Crippen molar-refractivity contribution < 1.29 is 0 Å². The first kappa shape index (κ1) is 9.44. The van der Waals surface area contributed by atoms with E-state index >= 15 is 0 Å². The SMILES string of the molecule is Brc1ccc(-c2ccsc2)cc1Br. The molecule has 0 aliphatic rings. The van der Waals surface area contributed by atoms with Crippen molar-refractivity contribution in [2.45, 2.75) is 0 Å². The second-order valence-corrected chi connectivity index (χ2v) is 5.13. The Hall–Kier alpha value is -0.120. The molecule has 0 aliphatic carbocycles. The van der Waals surface area contributed by atoms with Crippen molar-refractivity contribution in [3.63, 3.8) is 0 Å². The van der Waals surface area contributed by atoms with Crippen molar-refractivity contribution in [1.82, 2.24) is 0 Å². The molecule has 0 atom stereocenters. The topological polar surface area (TPSA) is 0 Å². The van der Waals surface area contributed by atoms with Gasteiger partial charge in [0.1, 0.15) is 0 Å².